The molecule has 0 spiro atoms. The van der Waals surface area contributed by atoms with Gasteiger partial charge in [0.25, 0.3) is 5.91 Å². The summed E-state index contributed by atoms with van der Waals surface area (Å²) in [6, 6.07) is 4.85. The number of thiazole rings is 1. The zero-order valence-corrected chi connectivity index (χ0v) is 14.8. The largest absolute Gasteiger partial charge is 0.482 e. The van der Waals surface area contributed by atoms with Gasteiger partial charge >= 0.3 is 0 Å². The predicted molar refractivity (Wildman–Crippen MR) is 91.4 cm³/mol. The molecule has 1 aromatic carbocycles. The molecule has 118 valence electrons. The van der Waals surface area contributed by atoms with Crippen LogP contribution < -0.4 is 10.1 Å². The zero-order chi connectivity index (χ0) is 16.3. The molecule has 0 saturated heterocycles. The second kappa shape index (κ2) is 6.86. The number of halogens is 2. The van der Waals surface area contributed by atoms with E-state index >= 15 is 0 Å². The molecule has 0 bridgehead atoms. The van der Waals surface area contributed by atoms with Crippen LogP contribution in [-0.4, -0.2) is 17.5 Å². The molecular formula is C15H16Cl2N2O2S. The standard InChI is InChI=1S/C15H16Cl2N2O2S/c1-15(2,3)13-14(22-8-18-13)19-12(20)7-21-11-6-9(16)4-5-10(11)17/h4-6,8H,7H2,1-3H3,(H,19,20). The fraction of sp³-hybridized carbons (Fsp3) is 0.333. The van der Waals surface area contributed by atoms with Gasteiger partial charge in [-0.15, -0.1) is 11.3 Å². The first-order valence-electron chi connectivity index (χ1n) is 6.59. The van der Waals surface area contributed by atoms with Gasteiger partial charge in [-0.1, -0.05) is 44.0 Å². The molecule has 1 amide bonds. The first kappa shape index (κ1) is 17.1. The number of ether oxygens (including phenoxy) is 1. The molecule has 0 aliphatic rings. The fourth-order valence-corrected chi connectivity index (χ4v) is 3.00. The molecule has 0 aliphatic heterocycles. The topological polar surface area (TPSA) is 51.2 Å². The van der Waals surface area contributed by atoms with Crippen LogP contribution in [0.15, 0.2) is 23.7 Å². The van der Waals surface area contributed by atoms with Gasteiger partial charge in [0, 0.05) is 16.5 Å². The van der Waals surface area contributed by atoms with Crippen molar-refractivity contribution in [1.29, 1.82) is 0 Å². The number of anilines is 1. The number of nitrogens with one attached hydrogen (secondary N) is 1. The lowest BCUT2D eigenvalue weighted by molar-refractivity contribution is -0.118. The summed E-state index contributed by atoms with van der Waals surface area (Å²) >= 11 is 13.2. The van der Waals surface area contributed by atoms with Gasteiger partial charge in [-0.25, -0.2) is 4.98 Å². The molecule has 22 heavy (non-hydrogen) atoms. The van der Waals surface area contributed by atoms with Crippen LogP contribution in [0.5, 0.6) is 5.75 Å². The molecule has 0 saturated carbocycles. The number of rotatable bonds is 4. The summed E-state index contributed by atoms with van der Waals surface area (Å²) in [7, 11) is 0. The highest BCUT2D eigenvalue weighted by atomic mass is 35.5. The summed E-state index contributed by atoms with van der Waals surface area (Å²) in [5.41, 5.74) is 2.43. The summed E-state index contributed by atoms with van der Waals surface area (Å²) in [4.78, 5) is 16.3. The quantitative estimate of drug-likeness (QED) is 0.856. The summed E-state index contributed by atoms with van der Waals surface area (Å²) in [5, 5.41) is 4.46. The highest BCUT2D eigenvalue weighted by Gasteiger charge is 2.22. The van der Waals surface area contributed by atoms with Gasteiger partial charge in [-0.2, -0.15) is 0 Å². The van der Waals surface area contributed by atoms with E-state index in [1.54, 1.807) is 23.7 Å². The van der Waals surface area contributed by atoms with E-state index in [1.165, 1.54) is 11.3 Å². The molecule has 2 aromatic rings. The first-order valence-corrected chi connectivity index (χ1v) is 8.22. The van der Waals surface area contributed by atoms with Crippen LogP contribution in [0.25, 0.3) is 0 Å². The van der Waals surface area contributed by atoms with Gasteiger partial charge in [0.05, 0.1) is 16.2 Å². The van der Waals surface area contributed by atoms with Gasteiger partial charge in [-0.05, 0) is 12.1 Å². The van der Waals surface area contributed by atoms with E-state index in [0.29, 0.717) is 15.8 Å². The van der Waals surface area contributed by atoms with Crippen LogP contribution in [0.3, 0.4) is 0 Å². The van der Waals surface area contributed by atoms with Gasteiger partial charge in [0.1, 0.15) is 10.8 Å². The Kier molecular flexibility index (Phi) is 5.32. The minimum absolute atomic E-state index is 0.139. The summed E-state index contributed by atoms with van der Waals surface area (Å²) in [6.07, 6.45) is 0. The second-order valence-electron chi connectivity index (χ2n) is 5.69. The Balaban J connectivity index is 2.00. The molecule has 0 radical (unpaired) electrons. The number of amides is 1. The molecule has 0 fully saturated rings. The third-order valence-corrected chi connectivity index (χ3v) is 4.07. The SMILES string of the molecule is CC(C)(C)c1ncsc1NC(=O)COc1cc(Cl)ccc1Cl. The Hall–Kier alpha value is -1.30. The van der Waals surface area contributed by atoms with E-state index in [4.69, 9.17) is 27.9 Å². The number of carbonyl (C=O) groups excluding carboxylic acids is 1. The van der Waals surface area contributed by atoms with E-state index < -0.39 is 0 Å². The lowest BCUT2D eigenvalue weighted by atomic mass is 9.92. The van der Waals surface area contributed by atoms with Crippen molar-refractivity contribution in [2.24, 2.45) is 0 Å². The third kappa shape index (κ3) is 4.35. The Morgan fingerprint density at radius 1 is 1.36 bits per heavy atom. The van der Waals surface area contributed by atoms with Gasteiger partial charge in [0.2, 0.25) is 0 Å². The first-order chi connectivity index (χ1) is 10.3. The van der Waals surface area contributed by atoms with Crippen molar-refractivity contribution in [2.75, 3.05) is 11.9 Å². The predicted octanol–water partition coefficient (Wildman–Crippen LogP) is 4.76. The molecule has 0 unspecified atom stereocenters. The van der Waals surface area contributed by atoms with Crippen molar-refractivity contribution in [3.63, 3.8) is 0 Å². The van der Waals surface area contributed by atoms with Crippen LogP contribution in [0, 0.1) is 0 Å². The minimum atomic E-state index is -0.272. The molecule has 1 heterocycles. The van der Waals surface area contributed by atoms with Crippen molar-refractivity contribution in [3.8, 4) is 5.75 Å². The molecule has 4 nitrogen and oxygen atoms in total. The molecule has 7 heteroatoms. The van der Waals surface area contributed by atoms with Crippen LogP contribution >= 0.6 is 34.5 Å². The van der Waals surface area contributed by atoms with Crippen LogP contribution in [0.2, 0.25) is 10.0 Å². The van der Waals surface area contributed by atoms with E-state index in [0.717, 1.165) is 10.7 Å². The number of hydrogen-bond acceptors (Lipinski definition) is 4. The minimum Gasteiger partial charge on any atom is -0.482 e. The second-order valence-corrected chi connectivity index (χ2v) is 7.39. The Bertz CT molecular complexity index is 680. The van der Waals surface area contributed by atoms with Crippen molar-refractivity contribution in [3.05, 3.63) is 39.4 Å². The summed E-state index contributed by atoms with van der Waals surface area (Å²) in [5.74, 6) is 0.107. The van der Waals surface area contributed by atoms with Crippen molar-refractivity contribution < 1.29 is 9.53 Å². The van der Waals surface area contributed by atoms with Crippen LogP contribution in [0.1, 0.15) is 26.5 Å². The molecular weight excluding hydrogens is 343 g/mol. The number of hydrogen-bond donors (Lipinski definition) is 1. The van der Waals surface area contributed by atoms with Crippen LogP contribution in [-0.2, 0) is 10.2 Å². The van der Waals surface area contributed by atoms with Gasteiger partial charge < -0.3 is 10.1 Å². The van der Waals surface area contributed by atoms with Crippen molar-refractivity contribution in [1.82, 2.24) is 4.98 Å². The molecule has 0 aliphatic carbocycles. The Labute approximate surface area is 143 Å². The zero-order valence-electron chi connectivity index (χ0n) is 12.4. The lowest BCUT2D eigenvalue weighted by Crippen LogP contribution is -2.22. The van der Waals surface area contributed by atoms with Gasteiger partial charge in [-0.3, -0.25) is 4.79 Å². The Morgan fingerprint density at radius 2 is 2.09 bits per heavy atom. The normalized spacial score (nSPS) is 11.3. The average Bonchev–Trinajstić information content (AvgIpc) is 2.88. The Morgan fingerprint density at radius 3 is 2.77 bits per heavy atom. The molecule has 1 N–H and O–H groups in total. The molecule has 2 rings (SSSR count). The van der Waals surface area contributed by atoms with Crippen molar-refractivity contribution >= 4 is 45.4 Å². The fourth-order valence-electron chi connectivity index (χ4n) is 1.76. The third-order valence-electron chi connectivity index (χ3n) is 2.78. The maximum Gasteiger partial charge on any atom is 0.262 e. The maximum absolute atomic E-state index is 12.0. The smallest absolute Gasteiger partial charge is 0.262 e. The van der Waals surface area contributed by atoms with E-state index in [2.05, 4.69) is 10.3 Å². The molecule has 1 aromatic heterocycles. The maximum atomic E-state index is 12.0. The summed E-state index contributed by atoms with van der Waals surface area (Å²) < 4.78 is 5.41. The van der Waals surface area contributed by atoms with Crippen LogP contribution in [0.4, 0.5) is 5.00 Å². The highest BCUT2D eigenvalue weighted by Crippen LogP contribution is 2.31. The number of nitrogens with zero attached hydrogens (tertiary/aromatic N) is 1. The monoisotopic (exact) mass is 358 g/mol. The van der Waals surface area contributed by atoms with E-state index in [1.807, 2.05) is 20.8 Å². The summed E-state index contributed by atoms with van der Waals surface area (Å²) in [6.45, 7) is 5.97. The molecule has 0 atom stereocenters. The van der Waals surface area contributed by atoms with E-state index in [-0.39, 0.29) is 17.9 Å². The lowest BCUT2D eigenvalue weighted by Gasteiger charge is -2.17. The highest BCUT2D eigenvalue weighted by molar-refractivity contribution is 7.14. The average molecular weight is 359 g/mol. The van der Waals surface area contributed by atoms with Gasteiger partial charge in [0.15, 0.2) is 6.61 Å². The number of carbonyl (C=O) groups is 1. The van der Waals surface area contributed by atoms with E-state index in [9.17, 15) is 4.79 Å². The van der Waals surface area contributed by atoms with Crippen molar-refractivity contribution in [2.45, 2.75) is 26.2 Å². The number of benzene rings is 1. The number of aromatic nitrogens is 1.